The molecule has 0 aliphatic carbocycles. The molecular weight excluding hydrogens is 236 g/mol. The number of nitrogen functional groups attached to an aromatic ring is 1. The molecule has 0 fully saturated rings. The predicted octanol–water partition coefficient (Wildman–Crippen LogP) is 2.46. The van der Waals surface area contributed by atoms with Crippen LogP contribution in [-0.4, -0.2) is 15.1 Å². The van der Waals surface area contributed by atoms with E-state index in [9.17, 15) is 0 Å². The summed E-state index contributed by atoms with van der Waals surface area (Å²) < 4.78 is 5.14. The molecule has 0 unspecified atom stereocenters. The lowest BCUT2D eigenvalue weighted by Gasteiger charge is -2.00. The van der Waals surface area contributed by atoms with Crippen molar-refractivity contribution in [2.75, 3.05) is 5.73 Å². The molecule has 2 heterocycles. The quantitative estimate of drug-likeness (QED) is 0.840. The predicted molar refractivity (Wildman–Crippen MR) is 66.6 cm³/mol. The van der Waals surface area contributed by atoms with Gasteiger partial charge in [0.1, 0.15) is 5.03 Å². The molecule has 0 aromatic carbocycles. The molecule has 0 saturated heterocycles. The number of hydrogen-bond donors (Lipinski definition) is 1. The average Bonchev–Trinajstić information content (AvgIpc) is 2.77. The lowest BCUT2D eigenvalue weighted by molar-refractivity contribution is 0.383. The van der Waals surface area contributed by atoms with Crippen molar-refractivity contribution in [3.63, 3.8) is 0 Å². The van der Waals surface area contributed by atoms with Gasteiger partial charge in [-0.2, -0.15) is 4.98 Å². The van der Waals surface area contributed by atoms with Gasteiger partial charge in [0.05, 0.1) is 11.4 Å². The van der Waals surface area contributed by atoms with E-state index in [4.69, 9.17) is 10.3 Å². The van der Waals surface area contributed by atoms with Gasteiger partial charge in [0, 0.05) is 12.1 Å². The Kier molecular flexibility index (Phi) is 3.63. The second-order valence-corrected chi connectivity index (χ2v) is 4.85. The molecule has 17 heavy (non-hydrogen) atoms. The maximum atomic E-state index is 5.79. The van der Waals surface area contributed by atoms with Crippen molar-refractivity contribution >= 4 is 17.4 Å². The molecule has 5 nitrogen and oxygen atoms in total. The third-order valence-electron chi connectivity index (χ3n) is 2.13. The van der Waals surface area contributed by atoms with Crippen LogP contribution in [0.25, 0.3) is 0 Å². The summed E-state index contributed by atoms with van der Waals surface area (Å²) in [4.78, 5) is 8.47. The highest BCUT2D eigenvalue weighted by Crippen LogP contribution is 2.25. The topological polar surface area (TPSA) is 77.8 Å². The van der Waals surface area contributed by atoms with Gasteiger partial charge in [-0.05, 0) is 12.1 Å². The molecule has 2 aromatic heterocycles. The van der Waals surface area contributed by atoms with Gasteiger partial charge in [-0.3, -0.25) is 0 Å². The van der Waals surface area contributed by atoms with Crippen molar-refractivity contribution in [2.24, 2.45) is 0 Å². The molecule has 0 spiro atoms. The summed E-state index contributed by atoms with van der Waals surface area (Å²) in [6.45, 7) is 4.05. The zero-order valence-corrected chi connectivity index (χ0v) is 10.6. The van der Waals surface area contributed by atoms with Crippen LogP contribution in [0.1, 0.15) is 31.5 Å². The summed E-state index contributed by atoms with van der Waals surface area (Å²) >= 11 is 1.49. The Morgan fingerprint density at radius 1 is 1.47 bits per heavy atom. The Morgan fingerprint density at radius 3 is 2.94 bits per heavy atom. The standard InChI is InChI=1S/C11H14N4OS/c1-7(2)10-14-9(16-15-10)6-17-11-8(12)4-3-5-13-11/h3-5,7H,6,12H2,1-2H3. The molecule has 2 N–H and O–H groups in total. The van der Waals surface area contributed by atoms with E-state index in [2.05, 4.69) is 15.1 Å². The van der Waals surface area contributed by atoms with E-state index in [0.29, 0.717) is 17.3 Å². The maximum absolute atomic E-state index is 5.79. The van der Waals surface area contributed by atoms with Gasteiger partial charge >= 0.3 is 0 Å². The molecule has 2 aromatic rings. The van der Waals surface area contributed by atoms with Crippen LogP contribution >= 0.6 is 11.8 Å². The highest BCUT2D eigenvalue weighted by molar-refractivity contribution is 7.98. The number of hydrogen-bond acceptors (Lipinski definition) is 6. The third-order valence-corrected chi connectivity index (χ3v) is 3.14. The van der Waals surface area contributed by atoms with Gasteiger partial charge in [0.2, 0.25) is 5.89 Å². The molecule has 6 heteroatoms. The lowest BCUT2D eigenvalue weighted by atomic mass is 10.2. The van der Waals surface area contributed by atoms with Crippen LogP contribution in [-0.2, 0) is 5.75 Å². The van der Waals surface area contributed by atoms with Crippen LogP contribution in [0.15, 0.2) is 27.9 Å². The number of nitrogens with zero attached hydrogens (tertiary/aromatic N) is 3. The van der Waals surface area contributed by atoms with Crippen molar-refractivity contribution in [1.29, 1.82) is 0 Å². The fraction of sp³-hybridized carbons (Fsp3) is 0.364. The van der Waals surface area contributed by atoms with Crippen LogP contribution in [0.3, 0.4) is 0 Å². The van der Waals surface area contributed by atoms with E-state index in [1.165, 1.54) is 11.8 Å². The van der Waals surface area contributed by atoms with Gasteiger partial charge in [-0.15, -0.1) is 0 Å². The van der Waals surface area contributed by atoms with Crippen LogP contribution < -0.4 is 5.73 Å². The lowest BCUT2D eigenvalue weighted by Crippen LogP contribution is -1.92. The highest BCUT2D eigenvalue weighted by Gasteiger charge is 2.10. The van der Waals surface area contributed by atoms with E-state index >= 15 is 0 Å². The molecular formula is C11H14N4OS. The van der Waals surface area contributed by atoms with E-state index in [1.54, 1.807) is 6.20 Å². The first-order valence-electron chi connectivity index (χ1n) is 5.32. The molecule has 0 aliphatic heterocycles. The summed E-state index contributed by atoms with van der Waals surface area (Å²) in [7, 11) is 0. The second kappa shape index (κ2) is 5.18. The molecule has 0 radical (unpaired) electrons. The van der Waals surface area contributed by atoms with Crippen molar-refractivity contribution in [1.82, 2.24) is 15.1 Å². The van der Waals surface area contributed by atoms with E-state index < -0.39 is 0 Å². The average molecular weight is 250 g/mol. The Hall–Kier alpha value is -1.56. The summed E-state index contributed by atoms with van der Waals surface area (Å²) in [6.07, 6.45) is 1.71. The number of nitrogens with two attached hydrogens (primary N) is 1. The minimum absolute atomic E-state index is 0.275. The first-order chi connectivity index (χ1) is 8.16. The van der Waals surface area contributed by atoms with Crippen LogP contribution in [0.2, 0.25) is 0 Å². The second-order valence-electron chi connectivity index (χ2n) is 3.89. The first kappa shape index (κ1) is 11.9. The molecule has 0 saturated carbocycles. The fourth-order valence-corrected chi connectivity index (χ4v) is 1.96. The molecule has 0 bridgehead atoms. The van der Waals surface area contributed by atoms with Crippen LogP contribution in [0.5, 0.6) is 0 Å². The zero-order chi connectivity index (χ0) is 12.3. The number of rotatable bonds is 4. The Labute approximate surface area is 104 Å². The number of thioether (sulfide) groups is 1. The molecule has 0 aliphatic rings. The Balaban J connectivity index is 2.00. The van der Waals surface area contributed by atoms with Crippen LogP contribution in [0, 0.1) is 0 Å². The molecule has 2 rings (SSSR count). The number of pyridine rings is 1. The largest absolute Gasteiger partial charge is 0.397 e. The summed E-state index contributed by atoms with van der Waals surface area (Å²) in [5, 5.41) is 4.69. The minimum atomic E-state index is 0.275. The smallest absolute Gasteiger partial charge is 0.237 e. The van der Waals surface area contributed by atoms with Crippen molar-refractivity contribution < 1.29 is 4.52 Å². The van der Waals surface area contributed by atoms with Gasteiger partial charge in [-0.25, -0.2) is 4.98 Å². The van der Waals surface area contributed by atoms with Crippen molar-refractivity contribution in [3.8, 4) is 0 Å². The monoisotopic (exact) mass is 250 g/mol. The fourth-order valence-electron chi connectivity index (χ4n) is 1.22. The van der Waals surface area contributed by atoms with Gasteiger partial charge in [0.15, 0.2) is 5.82 Å². The molecule has 90 valence electrons. The van der Waals surface area contributed by atoms with E-state index in [-0.39, 0.29) is 5.92 Å². The molecule has 0 amide bonds. The SMILES string of the molecule is CC(C)c1noc(CSc2ncccc2N)n1. The summed E-state index contributed by atoms with van der Waals surface area (Å²) in [5.41, 5.74) is 6.46. The van der Waals surface area contributed by atoms with Crippen molar-refractivity contribution in [3.05, 3.63) is 30.0 Å². The van der Waals surface area contributed by atoms with Crippen LogP contribution in [0.4, 0.5) is 5.69 Å². The summed E-state index contributed by atoms with van der Waals surface area (Å²) in [5.74, 6) is 2.19. The Bertz CT molecular complexity index is 498. The van der Waals surface area contributed by atoms with Gasteiger partial charge < -0.3 is 10.3 Å². The zero-order valence-electron chi connectivity index (χ0n) is 9.75. The number of aromatic nitrogens is 3. The highest BCUT2D eigenvalue weighted by atomic mass is 32.2. The normalized spacial score (nSPS) is 11.0. The van der Waals surface area contributed by atoms with Crippen molar-refractivity contribution in [2.45, 2.75) is 30.5 Å². The third kappa shape index (κ3) is 2.97. The summed E-state index contributed by atoms with van der Waals surface area (Å²) in [6, 6.07) is 3.63. The van der Waals surface area contributed by atoms with E-state index in [1.807, 2.05) is 26.0 Å². The molecule has 0 atom stereocenters. The first-order valence-corrected chi connectivity index (χ1v) is 6.31. The Morgan fingerprint density at radius 2 is 2.29 bits per heavy atom. The maximum Gasteiger partial charge on any atom is 0.237 e. The van der Waals surface area contributed by atoms with Gasteiger partial charge in [0.25, 0.3) is 0 Å². The van der Waals surface area contributed by atoms with E-state index in [0.717, 1.165) is 10.9 Å². The minimum Gasteiger partial charge on any atom is -0.397 e. The van der Waals surface area contributed by atoms with Gasteiger partial charge in [-0.1, -0.05) is 30.8 Å². The number of anilines is 1.